The molecule has 1 atom stereocenters. The fourth-order valence-corrected chi connectivity index (χ4v) is 2.19. The van der Waals surface area contributed by atoms with E-state index in [4.69, 9.17) is 5.21 Å². The minimum atomic E-state index is 0.333. The Kier molecular flexibility index (Phi) is 2.21. The average Bonchev–Trinajstić information content (AvgIpc) is 1.83. The lowest BCUT2D eigenvalue weighted by Gasteiger charge is -2.33. The van der Waals surface area contributed by atoms with Gasteiger partial charge in [-0.1, -0.05) is 25.9 Å². The Morgan fingerprint density at radius 1 is 1.55 bits per heavy atom. The smallest absolute Gasteiger partial charge is 0.0578 e. The van der Waals surface area contributed by atoms with E-state index in [0.717, 1.165) is 18.6 Å². The molecule has 1 rings (SSSR count). The molecule has 0 amide bonds. The first-order valence-corrected chi connectivity index (χ1v) is 4.23. The van der Waals surface area contributed by atoms with Crippen molar-refractivity contribution in [1.82, 2.24) is 0 Å². The molecule has 2 nitrogen and oxygen atoms in total. The highest BCUT2D eigenvalue weighted by atomic mass is 16.4. The Labute approximate surface area is 68.3 Å². The number of rotatable bonds is 0. The maximum absolute atomic E-state index is 8.63. The van der Waals surface area contributed by atoms with Crippen LogP contribution in [0.4, 0.5) is 0 Å². The van der Waals surface area contributed by atoms with E-state index in [1.165, 1.54) is 6.42 Å². The summed E-state index contributed by atoms with van der Waals surface area (Å²) in [5.74, 6) is 0.671. The highest BCUT2D eigenvalue weighted by molar-refractivity contribution is 5.85. The van der Waals surface area contributed by atoms with Crippen molar-refractivity contribution in [3.63, 3.8) is 0 Å². The Hall–Kier alpha value is -0.530. The summed E-state index contributed by atoms with van der Waals surface area (Å²) >= 11 is 0. The molecule has 0 heterocycles. The van der Waals surface area contributed by atoms with E-state index in [1.54, 1.807) is 0 Å². The maximum Gasteiger partial charge on any atom is 0.0578 e. The van der Waals surface area contributed by atoms with Crippen LogP contribution in [-0.4, -0.2) is 10.9 Å². The standard InChI is InChI=1S/C9H17NO/c1-7-4-8(10-11)6-9(2,3)5-7/h7,11H,4-6H2,1-3H3/b10-8-. The molecule has 0 aromatic carbocycles. The summed E-state index contributed by atoms with van der Waals surface area (Å²) in [6, 6.07) is 0. The van der Waals surface area contributed by atoms with Crippen molar-refractivity contribution >= 4 is 5.71 Å². The summed E-state index contributed by atoms with van der Waals surface area (Å²) in [5, 5.41) is 11.9. The number of hydrogen-bond donors (Lipinski definition) is 1. The SMILES string of the molecule is CC1C/C(=N/O)CC(C)(C)C1. The van der Waals surface area contributed by atoms with E-state index in [9.17, 15) is 0 Å². The molecule has 0 aromatic heterocycles. The quantitative estimate of drug-likeness (QED) is 0.423. The molecular formula is C9H17NO. The lowest BCUT2D eigenvalue weighted by molar-refractivity contribution is 0.249. The molecule has 1 unspecified atom stereocenters. The van der Waals surface area contributed by atoms with Crippen LogP contribution in [0, 0.1) is 11.3 Å². The van der Waals surface area contributed by atoms with E-state index in [-0.39, 0.29) is 0 Å². The molecule has 0 spiro atoms. The third-order valence-electron chi connectivity index (χ3n) is 2.31. The van der Waals surface area contributed by atoms with Gasteiger partial charge in [-0.15, -0.1) is 0 Å². The van der Waals surface area contributed by atoms with Gasteiger partial charge < -0.3 is 5.21 Å². The monoisotopic (exact) mass is 155 g/mol. The van der Waals surface area contributed by atoms with Crippen molar-refractivity contribution in [2.75, 3.05) is 0 Å². The summed E-state index contributed by atoms with van der Waals surface area (Å²) in [4.78, 5) is 0. The van der Waals surface area contributed by atoms with Gasteiger partial charge >= 0.3 is 0 Å². The Balaban J connectivity index is 2.66. The summed E-state index contributed by atoms with van der Waals surface area (Å²) in [7, 11) is 0. The van der Waals surface area contributed by atoms with Crippen LogP contribution >= 0.6 is 0 Å². The van der Waals surface area contributed by atoms with Crippen LogP contribution in [0.5, 0.6) is 0 Å². The van der Waals surface area contributed by atoms with Gasteiger partial charge in [0.15, 0.2) is 0 Å². The Morgan fingerprint density at radius 3 is 2.64 bits per heavy atom. The molecule has 1 saturated carbocycles. The fourth-order valence-electron chi connectivity index (χ4n) is 2.19. The summed E-state index contributed by atoms with van der Waals surface area (Å²) in [6.07, 6.45) is 3.17. The highest BCUT2D eigenvalue weighted by Crippen LogP contribution is 2.36. The van der Waals surface area contributed by atoms with Crippen LogP contribution in [0.3, 0.4) is 0 Å². The van der Waals surface area contributed by atoms with Crippen LogP contribution in [0.2, 0.25) is 0 Å². The second kappa shape index (κ2) is 2.84. The molecule has 0 saturated heterocycles. The third-order valence-corrected chi connectivity index (χ3v) is 2.31. The van der Waals surface area contributed by atoms with Crippen LogP contribution < -0.4 is 0 Å². The van der Waals surface area contributed by atoms with Gasteiger partial charge in [0.25, 0.3) is 0 Å². The fraction of sp³-hybridized carbons (Fsp3) is 0.889. The van der Waals surface area contributed by atoms with E-state index in [2.05, 4.69) is 25.9 Å². The van der Waals surface area contributed by atoms with Gasteiger partial charge in [0.2, 0.25) is 0 Å². The highest BCUT2D eigenvalue weighted by Gasteiger charge is 2.29. The molecule has 1 aliphatic rings. The molecule has 2 heteroatoms. The van der Waals surface area contributed by atoms with Gasteiger partial charge in [-0.3, -0.25) is 0 Å². The first-order chi connectivity index (χ1) is 5.03. The lowest BCUT2D eigenvalue weighted by Crippen LogP contribution is -2.27. The first-order valence-electron chi connectivity index (χ1n) is 4.23. The second-order valence-electron chi connectivity index (χ2n) is 4.52. The number of oxime groups is 1. The number of hydrogen-bond acceptors (Lipinski definition) is 2. The molecule has 1 fully saturated rings. The van der Waals surface area contributed by atoms with Gasteiger partial charge in [-0.25, -0.2) is 0 Å². The molecular weight excluding hydrogens is 138 g/mol. The molecule has 64 valence electrons. The third kappa shape index (κ3) is 2.21. The first kappa shape index (κ1) is 8.57. The van der Waals surface area contributed by atoms with Crippen molar-refractivity contribution < 1.29 is 5.21 Å². The minimum absolute atomic E-state index is 0.333. The topological polar surface area (TPSA) is 32.6 Å². The van der Waals surface area contributed by atoms with Gasteiger partial charge in [-0.05, 0) is 30.6 Å². The molecule has 0 bridgehead atoms. The van der Waals surface area contributed by atoms with Crippen molar-refractivity contribution in [3.8, 4) is 0 Å². The molecule has 1 aliphatic carbocycles. The molecule has 0 radical (unpaired) electrons. The predicted octanol–water partition coefficient (Wildman–Crippen LogP) is 2.66. The maximum atomic E-state index is 8.63. The van der Waals surface area contributed by atoms with Crippen molar-refractivity contribution in [2.45, 2.75) is 40.0 Å². The van der Waals surface area contributed by atoms with Gasteiger partial charge in [0, 0.05) is 0 Å². The molecule has 0 aliphatic heterocycles. The average molecular weight is 155 g/mol. The van der Waals surface area contributed by atoms with E-state index >= 15 is 0 Å². The lowest BCUT2D eigenvalue weighted by atomic mass is 9.72. The van der Waals surface area contributed by atoms with E-state index < -0.39 is 0 Å². The molecule has 1 N–H and O–H groups in total. The summed E-state index contributed by atoms with van der Waals surface area (Å²) < 4.78 is 0. The Morgan fingerprint density at radius 2 is 2.18 bits per heavy atom. The van der Waals surface area contributed by atoms with Crippen LogP contribution in [0.1, 0.15) is 40.0 Å². The van der Waals surface area contributed by atoms with Gasteiger partial charge in [0.1, 0.15) is 0 Å². The van der Waals surface area contributed by atoms with Crippen molar-refractivity contribution in [1.29, 1.82) is 0 Å². The normalized spacial score (nSPS) is 34.1. The van der Waals surface area contributed by atoms with Crippen LogP contribution in [0.25, 0.3) is 0 Å². The Bertz CT molecular complexity index is 172. The van der Waals surface area contributed by atoms with Crippen LogP contribution in [-0.2, 0) is 0 Å². The largest absolute Gasteiger partial charge is 0.411 e. The summed E-state index contributed by atoms with van der Waals surface area (Å²) in [6.45, 7) is 6.67. The zero-order valence-corrected chi connectivity index (χ0v) is 7.59. The number of nitrogens with zero attached hydrogens (tertiary/aromatic N) is 1. The predicted molar refractivity (Wildman–Crippen MR) is 46.0 cm³/mol. The summed E-state index contributed by atoms with van der Waals surface area (Å²) in [5.41, 5.74) is 1.30. The van der Waals surface area contributed by atoms with Crippen LogP contribution in [0.15, 0.2) is 5.16 Å². The zero-order valence-electron chi connectivity index (χ0n) is 7.59. The minimum Gasteiger partial charge on any atom is -0.411 e. The molecule has 11 heavy (non-hydrogen) atoms. The van der Waals surface area contributed by atoms with Crippen molar-refractivity contribution in [3.05, 3.63) is 0 Å². The van der Waals surface area contributed by atoms with Gasteiger partial charge in [-0.2, -0.15) is 0 Å². The van der Waals surface area contributed by atoms with E-state index in [0.29, 0.717) is 11.3 Å². The zero-order chi connectivity index (χ0) is 8.48. The van der Waals surface area contributed by atoms with E-state index in [1.807, 2.05) is 0 Å². The molecule has 0 aromatic rings. The second-order valence-corrected chi connectivity index (χ2v) is 4.52. The van der Waals surface area contributed by atoms with Gasteiger partial charge in [0.05, 0.1) is 5.71 Å². The van der Waals surface area contributed by atoms with Crippen molar-refractivity contribution in [2.24, 2.45) is 16.5 Å².